The summed E-state index contributed by atoms with van der Waals surface area (Å²) in [7, 11) is 0. The zero-order valence-electron chi connectivity index (χ0n) is 21.4. The Labute approximate surface area is 217 Å². The van der Waals surface area contributed by atoms with Crippen LogP contribution < -0.4 is 15.5 Å². The first-order valence-corrected chi connectivity index (χ1v) is 12.7. The lowest BCUT2D eigenvalue weighted by molar-refractivity contribution is -0.00522. The number of hydrogen-bond acceptors (Lipinski definition) is 5. The number of hydrogen-bond donors (Lipinski definition) is 2. The first-order valence-electron chi connectivity index (χ1n) is 12.7. The molecule has 37 heavy (non-hydrogen) atoms. The fraction of sp³-hybridized carbons (Fsp3) is 0.300. The Morgan fingerprint density at radius 3 is 2.30 bits per heavy atom. The number of nitrogens with one attached hydrogen (secondary N) is 2. The van der Waals surface area contributed by atoms with E-state index in [4.69, 9.17) is 4.74 Å². The molecule has 5 rings (SSSR count). The average molecular weight is 497 g/mol. The third-order valence-electron chi connectivity index (χ3n) is 6.83. The minimum Gasteiger partial charge on any atom is -0.372 e. The van der Waals surface area contributed by atoms with Crippen LogP contribution in [0.25, 0.3) is 0 Å². The van der Waals surface area contributed by atoms with Crippen LogP contribution in [0.3, 0.4) is 0 Å². The van der Waals surface area contributed by atoms with Gasteiger partial charge in [-0.1, -0.05) is 36.4 Å². The molecule has 0 saturated carbocycles. The number of rotatable bonds is 5. The lowest BCUT2D eigenvalue weighted by Crippen LogP contribution is -2.45. The molecule has 3 aromatic carbocycles. The highest BCUT2D eigenvalue weighted by molar-refractivity contribution is 6.15. The molecule has 3 atom stereocenters. The Morgan fingerprint density at radius 1 is 0.919 bits per heavy atom. The SMILES string of the molecule is CC1CN(c2ccc(C(=O)NC3=NCc4ccc(C(=O)NC(C)c5ccccc5)cc43)cc2)CC(C)O1. The molecule has 2 aliphatic rings. The molecule has 2 heterocycles. The van der Waals surface area contributed by atoms with Crippen molar-refractivity contribution in [3.05, 3.63) is 101 Å². The van der Waals surface area contributed by atoms with Crippen LogP contribution in [-0.2, 0) is 11.3 Å². The molecule has 0 aliphatic carbocycles. The molecule has 3 aromatic rings. The zero-order chi connectivity index (χ0) is 25.9. The van der Waals surface area contributed by atoms with Crippen LogP contribution >= 0.6 is 0 Å². The second-order valence-corrected chi connectivity index (χ2v) is 9.81. The summed E-state index contributed by atoms with van der Waals surface area (Å²) in [6.45, 7) is 8.22. The summed E-state index contributed by atoms with van der Waals surface area (Å²) < 4.78 is 5.82. The van der Waals surface area contributed by atoms with Crippen molar-refractivity contribution in [2.45, 2.75) is 45.6 Å². The van der Waals surface area contributed by atoms with Gasteiger partial charge in [-0.15, -0.1) is 0 Å². The maximum absolute atomic E-state index is 13.0. The van der Waals surface area contributed by atoms with Crippen LogP contribution in [0.5, 0.6) is 0 Å². The normalized spacial score (nSPS) is 19.5. The summed E-state index contributed by atoms with van der Waals surface area (Å²) in [5, 5.41) is 5.99. The number of carbonyl (C=O) groups is 2. The number of amides is 2. The maximum Gasteiger partial charge on any atom is 0.256 e. The smallest absolute Gasteiger partial charge is 0.256 e. The van der Waals surface area contributed by atoms with Gasteiger partial charge in [-0.2, -0.15) is 0 Å². The fourth-order valence-corrected chi connectivity index (χ4v) is 4.93. The molecule has 0 aromatic heterocycles. The number of fused-ring (bicyclic) bond motifs is 1. The van der Waals surface area contributed by atoms with Gasteiger partial charge in [0.15, 0.2) is 0 Å². The molecule has 7 heteroatoms. The van der Waals surface area contributed by atoms with E-state index in [0.717, 1.165) is 35.5 Å². The van der Waals surface area contributed by atoms with Crippen LogP contribution in [0.2, 0.25) is 0 Å². The van der Waals surface area contributed by atoms with Crippen molar-refractivity contribution < 1.29 is 14.3 Å². The molecule has 2 N–H and O–H groups in total. The molecule has 0 bridgehead atoms. The van der Waals surface area contributed by atoms with Crippen molar-refractivity contribution in [3.63, 3.8) is 0 Å². The second kappa shape index (κ2) is 10.6. The first kappa shape index (κ1) is 24.7. The Morgan fingerprint density at radius 2 is 1.59 bits per heavy atom. The van der Waals surface area contributed by atoms with Gasteiger partial charge in [0.05, 0.1) is 24.8 Å². The Balaban J connectivity index is 1.25. The molecular formula is C30H32N4O3. The molecule has 1 fully saturated rings. The predicted octanol–water partition coefficient (Wildman–Crippen LogP) is 4.48. The minimum absolute atomic E-state index is 0.123. The van der Waals surface area contributed by atoms with Crippen LogP contribution in [-0.4, -0.2) is 42.9 Å². The molecular weight excluding hydrogens is 464 g/mol. The summed E-state index contributed by atoms with van der Waals surface area (Å²) in [6, 6.07) is 22.8. The molecule has 7 nitrogen and oxygen atoms in total. The number of aliphatic imine (C=N–C) groups is 1. The number of carbonyl (C=O) groups excluding carboxylic acids is 2. The van der Waals surface area contributed by atoms with E-state index in [1.54, 1.807) is 12.1 Å². The average Bonchev–Trinajstić information content (AvgIpc) is 3.30. The van der Waals surface area contributed by atoms with Crippen molar-refractivity contribution in [2.75, 3.05) is 18.0 Å². The zero-order valence-corrected chi connectivity index (χ0v) is 21.4. The third kappa shape index (κ3) is 5.57. The summed E-state index contributed by atoms with van der Waals surface area (Å²) in [5.41, 5.74) is 4.95. The second-order valence-electron chi connectivity index (χ2n) is 9.81. The lowest BCUT2D eigenvalue weighted by Gasteiger charge is -2.36. The maximum atomic E-state index is 13.0. The predicted molar refractivity (Wildman–Crippen MR) is 145 cm³/mol. The summed E-state index contributed by atoms with van der Waals surface area (Å²) in [4.78, 5) is 32.7. The molecule has 0 radical (unpaired) electrons. The summed E-state index contributed by atoms with van der Waals surface area (Å²) >= 11 is 0. The number of benzene rings is 3. The van der Waals surface area contributed by atoms with Crippen molar-refractivity contribution in [1.29, 1.82) is 0 Å². The van der Waals surface area contributed by atoms with E-state index >= 15 is 0 Å². The number of anilines is 1. The Hall–Kier alpha value is -3.97. The van der Waals surface area contributed by atoms with Crippen LogP contribution in [0, 0.1) is 0 Å². The van der Waals surface area contributed by atoms with Crippen LogP contribution in [0.15, 0.2) is 77.8 Å². The van der Waals surface area contributed by atoms with E-state index in [9.17, 15) is 9.59 Å². The monoisotopic (exact) mass is 496 g/mol. The fourth-order valence-electron chi connectivity index (χ4n) is 4.93. The van der Waals surface area contributed by atoms with Gasteiger partial charge in [0.25, 0.3) is 11.8 Å². The van der Waals surface area contributed by atoms with Gasteiger partial charge in [-0.25, -0.2) is 0 Å². The largest absolute Gasteiger partial charge is 0.372 e. The quantitative estimate of drug-likeness (QED) is 0.546. The highest BCUT2D eigenvalue weighted by Crippen LogP contribution is 2.23. The number of nitrogens with zero attached hydrogens (tertiary/aromatic N) is 2. The number of morpholine rings is 1. The van der Waals surface area contributed by atoms with Gasteiger partial charge < -0.3 is 20.3 Å². The Kier molecular flexibility index (Phi) is 7.06. The van der Waals surface area contributed by atoms with Crippen molar-refractivity contribution in [1.82, 2.24) is 10.6 Å². The molecule has 2 aliphatic heterocycles. The molecule has 190 valence electrons. The van der Waals surface area contributed by atoms with Gasteiger partial charge in [0, 0.05) is 35.5 Å². The molecule has 1 saturated heterocycles. The number of ether oxygens (including phenoxy) is 1. The Bertz CT molecular complexity index is 1310. The van der Waals surface area contributed by atoms with Gasteiger partial charge >= 0.3 is 0 Å². The van der Waals surface area contributed by atoms with Gasteiger partial charge in [-0.3, -0.25) is 14.6 Å². The van der Waals surface area contributed by atoms with Crippen LogP contribution in [0.1, 0.15) is 64.2 Å². The topological polar surface area (TPSA) is 83.0 Å². The van der Waals surface area contributed by atoms with E-state index in [0.29, 0.717) is 23.5 Å². The lowest BCUT2D eigenvalue weighted by atomic mass is 10.0. The van der Waals surface area contributed by atoms with E-state index in [-0.39, 0.29) is 30.1 Å². The van der Waals surface area contributed by atoms with Gasteiger partial charge in [0.1, 0.15) is 5.84 Å². The van der Waals surface area contributed by atoms with Crippen molar-refractivity contribution >= 4 is 23.3 Å². The highest BCUT2D eigenvalue weighted by Gasteiger charge is 2.24. The summed E-state index contributed by atoms with van der Waals surface area (Å²) in [6.07, 6.45) is 0.335. The van der Waals surface area contributed by atoms with E-state index in [1.165, 1.54) is 0 Å². The third-order valence-corrected chi connectivity index (χ3v) is 6.83. The molecule has 2 amide bonds. The minimum atomic E-state index is -0.227. The molecule has 3 unspecified atom stereocenters. The summed E-state index contributed by atoms with van der Waals surface area (Å²) in [5.74, 6) is 0.0964. The van der Waals surface area contributed by atoms with Crippen molar-refractivity contribution in [2.24, 2.45) is 4.99 Å². The van der Waals surface area contributed by atoms with E-state index in [2.05, 4.69) is 34.4 Å². The van der Waals surface area contributed by atoms with Gasteiger partial charge in [-0.05, 0) is 68.3 Å². The molecule has 0 spiro atoms. The van der Waals surface area contributed by atoms with E-state index in [1.807, 2.05) is 67.6 Å². The van der Waals surface area contributed by atoms with Gasteiger partial charge in [0.2, 0.25) is 0 Å². The van der Waals surface area contributed by atoms with E-state index < -0.39 is 0 Å². The first-order chi connectivity index (χ1) is 17.9. The van der Waals surface area contributed by atoms with Crippen LogP contribution in [0.4, 0.5) is 5.69 Å². The standard InChI is InChI=1S/C30H32N4O3/c1-19-17-34(18-20(2)37-19)26-13-11-23(12-14-26)29(35)33-28-27-15-24(9-10-25(27)16-31-28)30(36)32-21(3)22-7-5-4-6-8-22/h4-15,19-21H,16-18H2,1-3H3,(H,32,36)(H,31,33,35). The highest BCUT2D eigenvalue weighted by atomic mass is 16.5. The van der Waals surface area contributed by atoms with Crippen molar-refractivity contribution in [3.8, 4) is 0 Å². The number of amidine groups is 1.